The van der Waals surface area contributed by atoms with E-state index in [0.717, 1.165) is 11.1 Å². The van der Waals surface area contributed by atoms with Gasteiger partial charge in [0, 0.05) is 5.54 Å². The molecule has 1 nitrogen and oxygen atoms in total. The van der Waals surface area contributed by atoms with Gasteiger partial charge < -0.3 is 5.11 Å². The zero-order valence-electron chi connectivity index (χ0n) is 15.5. The summed E-state index contributed by atoms with van der Waals surface area (Å²) >= 11 is 0. The van der Waals surface area contributed by atoms with Gasteiger partial charge in [0.25, 0.3) is 0 Å². The van der Waals surface area contributed by atoms with E-state index in [1.807, 2.05) is 13.8 Å². The van der Waals surface area contributed by atoms with Crippen LogP contribution in [0.5, 0.6) is 5.75 Å². The Balaban J connectivity index is 2.21. The fourth-order valence-corrected chi connectivity index (χ4v) is 7.27. The highest BCUT2D eigenvalue weighted by atomic mass is 28.3. The lowest BCUT2D eigenvalue weighted by Gasteiger charge is -2.34. The molecule has 0 aliphatic rings. The molecule has 0 saturated heterocycles. The van der Waals surface area contributed by atoms with Crippen molar-refractivity contribution in [3.63, 3.8) is 0 Å². The number of aryl methyl sites for hydroxylation is 2. The minimum atomic E-state index is -1.84. The van der Waals surface area contributed by atoms with E-state index >= 15 is 0 Å². The van der Waals surface area contributed by atoms with Crippen LogP contribution >= 0.6 is 0 Å². The lowest BCUT2D eigenvalue weighted by molar-refractivity contribution is 0.466. The summed E-state index contributed by atoms with van der Waals surface area (Å²) in [4.78, 5) is 0. The van der Waals surface area contributed by atoms with E-state index in [-0.39, 0.29) is 0 Å². The summed E-state index contributed by atoms with van der Waals surface area (Å²) in [6.07, 6.45) is 0. The molecule has 25 heavy (non-hydrogen) atoms. The quantitative estimate of drug-likeness (QED) is 0.636. The maximum Gasteiger partial charge on any atom is 0.121 e. The third kappa shape index (κ3) is 3.40. The molecule has 0 bridgehead atoms. The van der Waals surface area contributed by atoms with Crippen molar-refractivity contribution in [3.05, 3.63) is 95.1 Å². The lowest BCUT2D eigenvalue weighted by atomic mass is 9.99. The van der Waals surface area contributed by atoms with Crippen LogP contribution in [-0.4, -0.2) is 13.2 Å². The van der Waals surface area contributed by atoms with E-state index in [2.05, 4.69) is 85.9 Å². The third-order valence-electron chi connectivity index (χ3n) is 5.22. The van der Waals surface area contributed by atoms with Gasteiger partial charge in [0.2, 0.25) is 0 Å². The van der Waals surface area contributed by atoms with Gasteiger partial charge in [-0.25, -0.2) is 0 Å². The summed E-state index contributed by atoms with van der Waals surface area (Å²) in [5, 5.41) is 11.7. The van der Waals surface area contributed by atoms with E-state index in [0.29, 0.717) is 11.3 Å². The number of phenolic OH excluding ortho intramolecular Hbond substituents is 1. The monoisotopic (exact) mass is 346 g/mol. The molecule has 0 aromatic heterocycles. The molecule has 1 atom stereocenters. The second kappa shape index (κ2) is 6.89. The van der Waals surface area contributed by atoms with Crippen LogP contribution in [0.15, 0.2) is 72.8 Å². The van der Waals surface area contributed by atoms with Crippen LogP contribution in [0.3, 0.4) is 0 Å². The number of hydrogen-bond donors (Lipinski definition) is 1. The molecule has 3 aromatic carbocycles. The number of benzene rings is 3. The van der Waals surface area contributed by atoms with Gasteiger partial charge in [0.1, 0.15) is 5.75 Å². The SMILES string of the molecule is Cc1cc(C(c2ccccc2)[Si](C)(C)c2ccccc2)cc(C)c1O. The predicted molar refractivity (Wildman–Crippen MR) is 109 cm³/mol. The second-order valence-corrected chi connectivity index (χ2v) is 12.0. The fraction of sp³-hybridized carbons (Fsp3) is 0.217. The average Bonchev–Trinajstić information content (AvgIpc) is 2.61. The first-order chi connectivity index (χ1) is 11.9. The molecule has 0 saturated carbocycles. The van der Waals surface area contributed by atoms with E-state index in [4.69, 9.17) is 0 Å². The molecule has 3 rings (SSSR count). The highest BCUT2D eigenvalue weighted by Crippen LogP contribution is 2.36. The number of hydrogen-bond acceptors (Lipinski definition) is 1. The Labute approximate surface area is 152 Å². The summed E-state index contributed by atoms with van der Waals surface area (Å²) < 4.78 is 0. The van der Waals surface area contributed by atoms with Crippen LogP contribution in [0.4, 0.5) is 0 Å². The van der Waals surface area contributed by atoms with Gasteiger partial charge in [-0.1, -0.05) is 91.1 Å². The first kappa shape index (κ1) is 17.5. The van der Waals surface area contributed by atoms with Gasteiger partial charge in [-0.2, -0.15) is 0 Å². The van der Waals surface area contributed by atoms with Crippen molar-refractivity contribution in [1.82, 2.24) is 0 Å². The van der Waals surface area contributed by atoms with Crippen molar-refractivity contribution in [2.75, 3.05) is 0 Å². The smallest absolute Gasteiger partial charge is 0.121 e. The first-order valence-corrected chi connectivity index (χ1v) is 11.9. The molecule has 0 aliphatic heterocycles. The van der Waals surface area contributed by atoms with Gasteiger partial charge in [0.15, 0.2) is 0 Å². The molecule has 0 fully saturated rings. The minimum absolute atomic E-state index is 0.342. The Morgan fingerprint density at radius 1 is 0.720 bits per heavy atom. The summed E-state index contributed by atoms with van der Waals surface area (Å²) in [6.45, 7) is 8.87. The normalized spacial score (nSPS) is 12.8. The van der Waals surface area contributed by atoms with Crippen molar-refractivity contribution in [3.8, 4) is 5.75 Å². The lowest BCUT2D eigenvalue weighted by Crippen LogP contribution is -2.48. The van der Waals surface area contributed by atoms with Gasteiger partial charge in [-0.3, -0.25) is 0 Å². The van der Waals surface area contributed by atoms with Crippen LogP contribution in [-0.2, 0) is 0 Å². The van der Waals surface area contributed by atoms with E-state index in [9.17, 15) is 5.11 Å². The van der Waals surface area contributed by atoms with Crippen molar-refractivity contribution in [1.29, 1.82) is 0 Å². The molecular weight excluding hydrogens is 320 g/mol. The molecule has 0 aliphatic carbocycles. The van der Waals surface area contributed by atoms with E-state index in [1.165, 1.54) is 16.3 Å². The topological polar surface area (TPSA) is 20.2 Å². The van der Waals surface area contributed by atoms with Crippen LogP contribution < -0.4 is 5.19 Å². The standard InChI is InChI=1S/C23H26OSi/c1-17-15-20(16-18(2)22(17)24)23(19-11-7-5-8-12-19)25(3,4)21-13-9-6-10-14-21/h5-16,23-24H,1-4H3. The fourth-order valence-electron chi connectivity index (χ4n) is 3.86. The highest BCUT2D eigenvalue weighted by molar-refractivity contribution is 6.91. The van der Waals surface area contributed by atoms with Gasteiger partial charge in [0.05, 0.1) is 8.07 Å². The number of aromatic hydroxyl groups is 1. The van der Waals surface area contributed by atoms with E-state index < -0.39 is 8.07 Å². The van der Waals surface area contributed by atoms with Gasteiger partial charge in [-0.05, 0) is 36.1 Å². The average molecular weight is 347 g/mol. The molecule has 128 valence electrons. The molecule has 0 radical (unpaired) electrons. The van der Waals surface area contributed by atoms with Crippen LogP contribution in [0, 0.1) is 13.8 Å². The van der Waals surface area contributed by atoms with E-state index in [1.54, 1.807) is 0 Å². The van der Waals surface area contributed by atoms with Crippen molar-refractivity contribution in [2.24, 2.45) is 0 Å². The predicted octanol–water partition coefficient (Wildman–Crippen LogP) is 5.30. The Morgan fingerprint density at radius 2 is 1.20 bits per heavy atom. The molecule has 1 unspecified atom stereocenters. The number of phenols is 1. The Morgan fingerprint density at radius 3 is 1.72 bits per heavy atom. The maximum absolute atomic E-state index is 10.2. The van der Waals surface area contributed by atoms with Crippen LogP contribution in [0.25, 0.3) is 0 Å². The number of rotatable bonds is 4. The maximum atomic E-state index is 10.2. The summed E-state index contributed by atoms with van der Waals surface area (Å²) in [7, 11) is -1.84. The zero-order valence-corrected chi connectivity index (χ0v) is 16.5. The van der Waals surface area contributed by atoms with Crippen LogP contribution in [0.2, 0.25) is 13.1 Å². The minimum Gasteiger partial charge on any atom is -0.507 e. The molecular formula is C23H26OSi. The zero-order chi connectivity index (χ0) is 18.0. The highest BCUT2D eigenvalue weighted by Gasteiger charge is 2.36. The van der Waals surface area contributed by atoms with Crippen LogP contribution in [0.1, 0.15) is 27.8 Å². The Bertz CT molecular complexity index is 831. The van der Waals surface area contributed by atoms with Crippen molar-refractivity contribution >= 4 is 13.3 Å². The summed E-state index contributed by atoms with van der Waals surface area (Å²) in [5.74, 6) is 0.412. The molecule has 0 heterocycles. The summed E-state index contributed by atoms with van der Waals surface area (Å²) in [6, 6.07) is 26.0. The van der Waals surface area contributed by atoms with Gasteiger partial charge >= 0.3 is 0 Å². The Hall–Kier alpha value is -2.32. The summed E-state index contributed by atoms with van der Waals surface area (Å²) in [5.41, 5.74) is 4.91. The van der Waals surface area contributed by atoms with Crippen molar-refractivity contribution in [2.45, 2.75) is 32.5 Å². The van der Waals surface area contributed by atoms with Gasteiger partial charge in [-0.15, -0.1) is 0 Å². The Kier molecular flexibility index (Phi) is 4.82. The molecule has 3 aromatic rings. The molecule has 0 amide bonds. The molecule has 2 heteroatoms. The third-order valence-corrected chi connectivity index (χ3v) is 9.15. The van der Waals surface area contributed by atoms with Crippen molar-refractivity contribution < 1.29 is 5.11 Å². The largest absolute Gasteiger partial charge is 0.507 e. The molecule has 0 spiro atoms. The first-order valence-electron chi connectivity index (χ1n) is 8.82. The molecule has 1 N–H and O–H groups in total. The second-order valence-electron chi connectivity index (χ2n) is 7.43.